The average Bonchev–Trinajstić information content (AvgIpc) is 2.38. The molecule has 0 bridgehead atoms. The van der Waals surface area contributed by atoms with Crippen molar-refractivity contribution >= 4 is 15.9 Å². The maximum atomic E-state index is 3.62. The number of rotatable bonds is 4. The Morgan fingerprint density at radius 3 is 2.20 bits per heavy atom. The third kappa shape index (κ3) is 3.71. The van der Waals surface area contributed by atoms with Crippen LogP contribution in [0, 0.1) is 20.8 Å². The highest BCUT2D eigenvalue weighted by molar-refractivity contribution is 9.10. The number of hydrogen-bond donors (Lipinski definition) is 1. The molecule has 0 aliphatic carbocycles. The van der Waals surface area contributed by atoms with E-state index >= 15 is 0 Å². The number of benzene rings is 2. The van der Waals surface area contributed by atoms with Crippen molar-refractivity contribution in [2.45, 2.75) is 33.2 Å². The number of hydrogen-bond acceptors (Lipinski definition) is 1. The van der Waals surface area contributed by atoms with Crippen LogP contribution in [0.4, 0.5) is 0 Å². The summed E-state index contributed by atoms with van der Waals surface area (Å²) in [4.78, 5) is 0. The summed E-state index contributed by atoms with van der Waals surface area (Å²) in [5, 5.41) is 3.43. The second-order valence-corrected chi connectivity index (χ2v) is 6.40. The van der Waals surface area contributed by atoms with Gasteiger partial charge in [0.05, 0.1) is 0 Å². The molecular weight excluding hydrogens is 310 g/mol. The lowest BCUT2D eigenvalue weighted by Gasteiger charge is -2.18. The molecular formula is C18H22BrN. The summed E-state index contributed by atoms with van der Waals surface area (Å²) in [5.41, 5.74) is 6.65. The highest BCUT2D eigenvalue weighted by Crippen LogP contribution is 2.24. The van der Waals surface area contributed by atoms with E-state index in [0.29, 0.717) is 6.04 Å². The van der Waals surface area contributed by atoms with E-state index in [1.165, 1.54) is 32.3 Å². The minimum atomic E-state index is 0.341. The van der Waals surface area contributed by atoms with Crippen molar-refractivity contribution in [2.24, 2.45) is 0 Å². The second kappa shape index (κ2) is 6.55. The lowest BCUT2D eigenvalue weighted by molar-refractivity contribution is 0.591. The molecule has 1 nitrogen and oxygen atoms in total. The quantitative estimate of drug-likeness (QED) is 0.842. The smallest absolute Gasteiger partial charge is 0.0358 e. The lowest BCUT2D eigenvalue weighted by Crippen LogP contribution is -2.19. The number of likely N-dealkylation sites (N-methyl/N-ethyl adjacent to an activating group) is 1. The van der Waals surface area contributed by atoms with Gasteiger partial charge in [0.25, 0.3) is 0 Å². The second-order valence-electron chi connectivity index (χ2n) is 5.55. The van der Waals surface area contributed by atoms with E-state index in [1.807, 2.05) is 7.05 Å². The first kappa shape index (κ1) is 15.3. The molecule has 0 aliphatic heterocycles. The predicted molar refractivity (Wildman–Crippen MR) is 90.3 cm³/mol. The molecule has 0 fully saturated rings. The maximum absolute atomic E-state index is 3.62. The van der Waals surface area contributed by atoms with Gasteiger partial charge in [-0.2, -0.15) is 0 Å². The first-order chi connectivity index (χ1) is 9.49. The van der Waals surface area contributed by atoms with Gasteiger partial charge in [0.15, 0.2) is 0 Å². The molecule has 0 saturated heterocycles. The van der Waals surface area contributed by atoms with Crippen LogP contribution in [-0.2, 0) is 6.42 Å². The van der Waals surface area contributed by atoms with Crippen LogP contribution in [0.5, 0.6) is 0 Å². The van der Waals surface area contributed by atoms with E-state index in [1.54, 1.807) is 0 Å². The van der Waals surface area contributed by atoms with Crippen molar-refractivity contribution in [2.75, 3.05) is 7.05 Å². The Morgan fingerprint density at radius 1 is 1.00 bits per heavy atom. The van der Waals surface area contributed by atoms with Crippen LogP contribution >= 0.6 is 15.9 Å². The molecule has 20 heavy (non-hydrogen) atoms. The lowest BCUT2D eigenvalue weighted by atomic mass is 9.96. The third-order valence-electron chi connectivity index (χ3n) is 3.67. The fraction of sp³-hybridized carbons (Fsp3) is 0.333. The van der Waals surface area contributed by atoms with Gasteiger partial charge in [-0.05, 0) is 57.0 Å². The monoisotopic (exact) mass is 331 g/mol. The minimum absolute atomic E-state index is 0.341. The zero-order valence-corrected chi connectivity index (χ0v) is 14.2. The van der Waals surface area contributed by atoms with Gasteiger partial charge in [-0.25, -0.2) is 0 Å². The topological polar surface area (TPSA) is 12.0 Å². The van der Waals surface area contributed by atoms with Crippen molar-refractivity contribution in [1.29, 1.82) is 0 Å². The van der Waals surface area contributed by atoms with Crippen molar-refractivity contribution in [1.82, 2.24) is 5.32 Å². The van der Waals surface area contributed by atoms with Gasteiger partial charge in [0, 0.05) is 10.5 Å². The van der Waals surface area contributed by atoms with Crippen LogP contribution in [0.15, 0.2) is 40.9 Å². The van der Waals surface area contributed by atoms with Crippen molar-refractivity contribution in [3.05, 3.63) is 68.7 Å². The van der Waals surface area contributed by atoms with Crippen molar-refractivity contribution in [3.63, 3.8) is 0 Å². The summed E-state index contributed by atoms with van der Waals surface area (Å²) in [6.07, 6.45) is 1.01. The first-order valence-corrected chi connectivity index (χ1v) is 7.79. The molecule has 106 valence electrons. The first-order valence-electron chi connectivity index (χ1n) is 7.00. The SMILES string of the molecule is CNC(Cc1cc(C)cc(C)c1)c1ccc(C)c(Br)c1. The highest BCUT2D eigenvalue weighted by Gasteiger charge is 2.11. The molecule has 2 rings (SSSR count). The van der Waals surface area contributed by atoms with Gasteiger partial charge in [-0.1, -0.05) is 57.4 Å². The van der Waals surface area contributed by atoms with E-state index in [2.05, 4.69) is 78.4 Å². The Kier molecular flexibility index (Phi) is 5.00. The molecule has 0 spiro atoms. The summed E-state index contributed by atoms with van der Waals surface area (Å²) in [6, 6.07) is 13.7. The molecule has 1 unspecified atom stereocenters. The van der Waals surface area contributed by atoms with E-state index < -0.39 is 0 Å². The zero-order chi connectivity index (χ0) is 14.7. The summed E-state index contributed by atoms with van der Waals surface area (Å²) in [5.74, 6) is 0. The Labute approximate surface area is 130 Å². The van der Waals surface area contributed by atoms with Crippen molar-refractivity contribution < 1.29 is 0 Å². The molecule has 2 heteroatoms. The normalized spacial score (nSPS) is 12.4. The standard InChI is InChI=1S/C18H22BrN/c1-12-7-13(2)9-15(8-12)10-18(20-4)16-6-5-14(3)17(19)11-16/h5-9,11,18,20H,10H2,1-4H3. The molecule has 0 heterocycles. The minimum Gasteiger partial charge on any atom is -0.313 e. The van der Waals surface area contributed by atoms with E-state index in [4.69, 9.17) is 0 Å². The maximum Gasteiger partial charge on any atom is 0.0358 e. The van der Waals surface area contributed by atoms with Gasteiger partial charge in [-0.3, -0.25) is 0 Å². The molecule has 0 aliphatic rings. The van der Waals surface area contributed by atoms with E-state index in [9.17, 15) is 0 Å². The summed E-state index contributed by atoms with van der Waals surface area (Å²) < 4.78 is 1.18. The van der Waals surface area contributed by atoms with Crippen LogP contribution < -0.4 is 5.32 Å². The van der Waals surface area contributed by atoms with E-state index in [0.717, 1.165) is 6.42 Å². The number of aryl methyl sites for hydroxylation is 3. The fourth-order valence-corrected chi connectivity index (χ4v) is 3.03. The van der Waals surface area contributed by atoms with Gasteiger partial charge in [0.1, 0.15) is 0 Å². The number of nitrogens with one attached hydrogen (secondary N) is 1. The number of halogens is 1. The highest BCUT2D eigenvalue weighted by atomic mass is 79.9. The Balaban J connectivity index is 2.26. The van der Waals surface area contributed by atoms with Gasteiger partial charge >= 0.3 is 0 Å². The largest absolute Gasteiger partial charge is 0.313 e. The summed E-state index contributed by atoms with van der Waals surface area (Å²) in [6.45, 7) is 6.44. The van der Waals surface area contributed by atoms with Crippen molar-refractivity contribution in [3.8, 4) is 0 Å². The molecule has 0 aromatic heterocycles. The molecule has 1 atom stereocenters. The van der Waals surface area contributed by atoms with Gasteiger partial charge in [-0.15, -0.1) is 0 Å². The Bertz CT molecular complexity index is 584. The Morgan fingerprint density at radius 2 is 1.65 bits per heavy atom. The van der Waals surface area contributed by atoms with Crippen LogP contribution in [0.1, 0.15) is 33.9 Å². The molecule has 1 N–H and O–H groups in total. The molecule has 0 saturated carbocycles. The van der Waals surface area contributed by atoms with Gasteiger partial charge < -0.3 is 5.32 Å². The predicted octanol–water partition coefficient (Wildman–Crippen LogP) is 4.88. The molecule has 2 aromatic carbocycles. The van der Waals surface area contributed by atoms with Crippen LogP contribution in [0.2, 0.25) is 0 Å². The Hall–Kier alpha value is -1.12. The van der Waals surface area contributed by atoms with Crippen LogP contribution in [-0.4, -0.2) is 7.05 Å². The van der Waals surface area contributed by atoms with Gasteiger partial charge in [0.2, 0.25) is 0 Å². The summed E-state index contributed by atoms with van der Waals surface area (Å²) in [7, 11) is 2.03. The fourth-order valence-electron chi connectivity index (χ4n) is 2.63. The molecule has 0 amide bonds. The average molecular weight is 332 g/mol. The van der Waals surface area contributed by atoms with E-state index in [-0.39, 0.29) is 0 Å². The molecule has 2 aromatic rings. The van der Waals surface area contributed by atoms with Crippen LogP contribution in [0.25, 0.3) is 0 Å². The summed E-state index contributed by atoms with van der Waals surface area (Å²) >= 11 is 3.62. The van der Waals surface area contributed by atoms with Crippen LogP contribution in [0.3, 0.4) is 0 Å². The zero-order valence-electron chi connectivity index (χ0n) is 12.6. The molecule has 0 radical (unpaired) electrons. The third-order valence-corrected chi connectivity index (χ3v) is 4.52.